The number of nitrogens with two attached hydrogens (primary N) is 1. The lowest BCUT2D eigenvalue weighted by atomic mass is 9.79. The number of hydrogen-bond donors (Lipinski definition) is 2. The van der Waals surface area contributed by atoms with E-state index in [9.17, 15) is 10.1 Å². The van der Waals surface area contributed by atoms with Crippen molar-refractivity contribution in [1.82, 2.24) is 19.1 Å². The van der Waals surface area contributed by atoms with Crippen LogP contribution in [0.3, 0.4) is 0 Å². The van der Waals surface area contributed by atoms with Crippen molar-refractivity contribution in [3.05, 3.63) is 204 Å². The van der Waals surface area contributed by atoms with Crippen molar-refractivity contribution in [2.24, 2.45) is 10.7 Å². The Morgan fingerprint density at radius 3 is 2.01 bits per heavy atom. The second kappa shape index (κ2) is 22.0. The largest absolute Gasteiger partial charge is 0.497 e. The van der Waals surface area contributed by atoms with Crippen molar-refractivity contribution in [2.45, 2.75) is 81.4 Å². The average molecular weight is 1120 g/mol. The normalized spacial score (nSPS) is 20.7. The number of fused-ring (bicyclic) bond motifs is 3. The average Bonchev–Trinajstić information content (AvgIpc) is 3.43. The molecule has 2 bridgehead atoms. The van der Waals surface area contributed by atoms with Crippen LogP contribution in [0.4, 0.5) is 5.82 Å². The Labute approximate surface area is 477 Å². The van der Waals surface area contributed by atoms with Crippen molar-refractivity contribution < 1.29 is 37.6 Å². The van der Waals surface area contributed by atoms with Crippen LogP contribution in [-0.4, -0.2) is 101 Å². The molecule has 82 heavy (non-hydrogen) atoms. The van der Waals surface area contributed by atoms with E-state index in [0.717, 1.165) is 49.0 Å². The van der Waals surface area contributed by atoms with Crippen LogP contribution in [0.25, 0.3) is 32.3 Å². The van der Waals surface area contributed by atoms with Gasteiger partial charge in [0.15, 0.2) is 6.23 Å². The van der Waals surface area contributed by atoms with Gasteiger partial charge in [-0.15, -0.1) is 0 Å². The number of anilines is 1. The molecule has 6 atom stereocenters. The SMILES string of the molecule is COc1ccc(C(OC[C@]23CN(C(=O)c4ccc5ccc6cccc7ccc4c5c67)[C@H]([C@H](n4cnc5c4NC=NC5(N)C(=O)c4ccccc4)O2)[C@H]3OP(OCCC#N)N(C(C)C)C(C)C)(c2ccccc2)c2ccc(OC)cc2)cc1. The number of hydrogen-bond acceptors (Lipinski definition) is 14. The number of aliphatic imine (C=N–C) groups is 1. The highest BCUT2D eigenvalue weighted by Crippen LogP contribution is 2.58. The van der Waals surface area contributed by atoms with Crippen LogP contribution in [0.15, 0.2) is 175 Å². The lowest BCUT2D eigenvalue weighted by molar-refractivity contribution is -0.171. The van der Waals surface area contributed by atoms with E-state index in [0.29, 0.717) is 28.4 Å². The molecule has 416 valence electrons. The summed E-state index contributed by atoms with van der Waals surface area (Å²) >= 11 is 0. The maximum atomic E-state index is 16.4. The first-order valence-corrected chi connectivity index (χ1v) is 28.6. The number of rotatable bonds is 20. The fraction of sp³-hybridized carbons (Fsp3) is 0.277. The fourth-order valence-corrected chi connectivity index (χ4v) is 14.2. The van der Waals surface area contributed by atoms with Gasteiger partial charge >= 0.3 is 0 Å². The number of ketones is 1. The summed E-state index contributed by atoms with van der Waals surface area (Å²) in [5, 5.41) is 19.1. The van der Waals surface area contributed by atoms with Crippen LogP contribution in [0, 0.1) is 11.3 Å². The minimum Gasteiger partial charge on any atom is -0.497 e. The van der Waals surface area contributed by atoms with Crippen molar-refractivity contribution in [3.8, 4) is 17.6 Å². The Balaban J connectivity index is 1.07. The number of ether oxygens (including phenoxy) is 4. The standard InChI is InChI=1S/C65H63N8O8P/c1-41(2)73(42(3)4)82(79-36-14-35-66)81-59-56-62(72-40-69-57-60(72)68-39-70-65(57,67)58(74)46-15-9-7-10-16-46)80-63(59,37-71(56)61(75)53-34-24-45-22-21-43-17-13-18-44-23-33-52(53)55(45)54(43)44)38-78-64(47-19-11-8-12-20-47,48-25-29-50(76-5)30-26-48)49-27-31-51(77-6)32-28-49/h7-13,15-34,39-42,56,59,62H,14,36-38,67H2,1-6H3,(H,68,70)/t56-,59+,62+,63-,65?,82?/m0/s1. The number of carbonyl (C=O) groups excluding carboxylic acids is 2. The number of benzene rings is 8. The van der Waals surface area contributed by atoms with E-state index >= 15 is 4.79 Å². The Hall–Kier alpha value is -8.10. The molecule has 3 N–H and O–H groups in total. The summed E-state index contributed by atoms with van der Waals surface area (Å²) in [5.74, 6) is 0.945. The molecular formula is C65H63N8O8P. The maximum Gasteiger partial charge on any atom is 0.259 e. The number of aromatic nitrogens is 2. The molecule has 1 amide bonds. The van der Waals surface area contributed by atoms with Gasteiger partial charge in [-0.2, -0.15) is 5.26 Å². The third-order valence-electron chi connectivity index (χ3n) is 16.1. The molecule has 2 saturated heterocycles. The number of Topliss-reactive ketones (excluding diaryl/α,β-unsaturated/α-hetero) is 1. The van der Waals surface area contributed by atoms with E-state index in [1.54, 1.807) is 49.4 Å². The van der Waals surface area contributed by atoms with E-state index in [4.69, 9.17) is 38.7 Å². The number of nitrogens with one attached hydrogen (secondary N) is 1. The fourth-order valence-electron chi connectivity index (χ4n) is 12.4. The van der Waals surface area contributed by atoms with Gasteiger partial charge in [0, 0.05) is 23.2 Å². The van der Waals surface area contributed by atoms with E-state index in [-0.39, 0.29) is 49.9 Å². The highest BCUT2D eigenvalue weighted by Gasteiger charge is 2.68. The lowest BCUT2D eigenvalue weighted by Gasteiger charge is -2.42. The van der Waals surface area contributed by atoms with Crippen LogP contribution in [0.5, 0.6) is 11.5 Å². The molecule has 4 heterocycles. The van der Waals surface area contributed by atoms with Gasteiger partial charge in [-0.3, -0.25) is 19.9 Å². The predicted molar refractivity (Wildman–Crippen MR) is 317 cm³/mol. The number of morpholine rings is 1. The molecule has 0 aliphatic carbocycles. The highest BCUT2D eigenvalue weighted by molar-refractivity contribution is 7.44. The van der Waals surface area contributed by atoms with Gasteiger partial charge in [0.25, 0.3) is 14.4 Å². The molecule has 16 nitrogen and oxygen atoms in total. The highest BCUT2D eigenvalue weighted by atomic mass is 31.2. The van der Waals surface area contributed by atoms with Crippen LogP contribution in [0.2, 0.25) is 0 Å². The molecule has 0 radical (unpaired) electrons. The number of likely N-dealkylation sites (tertiary alicyclic amines) is 1. The smallest absolute Gasteiger partial charge is 0.259 e. The number of nitrogens with zero attached hydrogens (tertiary/aromatic N) is 6. The van der Waals surface area contributed by atoms with Crippen molar-refractivity contribution in [1.29, 1.82) is 5.26 Å². The zero-order chi connectivity index (χ0) is 56.9. The predicted octanol–water partition coefficient (Wildman–Crippen LogP) is 11.7. The summed E-state index contributed by atoms with van der Waals surface area (Å²) in [6, 6.07) is 54.0. The Kier molecular flexibility index (Phi) is 14.6. The second-order valence-electron chi connectivity index (χ2n) is 21.5. The molecule has 0 spiro atoms. The van der Waals surface area contributed by atoms with E-state index in [1.807, 2.05) is 114 Å². The number of amides is 1. The third kappa shape index (κ3) is 9.14. The first-order chi connectivity index (χ1) is 39.8. The summed E-state index contributed by atoms with van der Waals surface area (Å²) in [6.07, 6.45) is 1.05. The first-order valence-electron chi connectivity index (χ1n) is 27.5. The number of nitriles is 1. The number of imidazole rings is 1. The molecular weight excluding hydrogens is 1050 g/mol. The Morgan fingerprint density at radius 1 is 0.793 bits per heavy atom. The summed E-state index contributed by atoms with van der Waals surface area (Å²) in [6.45, 7) is 8.25. The van der Waals surface area contributed by atoms with E-state index < -0.39 is 49.5 Å². The van der Waals surface area contributed by atoms with Crippen molar-refractivity contribution in [2.75, 3.05) is 39.3 Å². The quantitative estimate of drug-likeness (QED) is 0.0241. The monoisotopic (exact) mass is 1110 g/mol. The molecule has 2 fully saturated rings. The van der Waals surface area contributed by atoms with Crippen molar-refractivity contribution >= 4 is 64.7 Å². The minimum atomic E-state index is -1.98. The third-order valence-corrected chi connectivity index (χ3v) is 18.3. The lowest BCUT2D eigenvalue weighted by Crippen LogP contribution is -2.52. The van der Waals surface area contributed by atoms with Crippen LogP contribution in [-0.2, 0) is 29.8 Å². The van der Waals surface area contributed by atoms with Gasteiger partial charge in [-0.05, 0) is 107 Å². The molecule has 3 aliphatic rings. The number of methoxy groups -OCH3 is 2. The van der Waals surface area contributed by atoms with Crippen LogP contribution >= 0.6 is 8.53 Å². The summed E-state index contributed by atoms with van der Waals surface area (Å²) in [7, 11) is 1.28. The second-order valence-corrected chi connectivity index (χ2v) is 23.0. The Bertz CT molecular complexity index is 3800. The molecule has 8 aromatic carbocycles. The molecule has 2 unspecified atom stereocenters. The topological polar surface area (TPSA) is 188 Å². The maximum absolute atomic E-state index is 16.4. The van der Waals surface area contributed by atoms with Gasteiger partial charge in [0.1, 0.15) is 46.4 Å². The zero-order valence-corrected chi connectivity index (χ0v) is 47.3. The summed E-state index contributed by atoms with van der Waals surface area (Å²) in [5.41, 5.74) is 5.73. The molecule has 0 saturated carbocycles. The summed E-state index contributed by atoms with van der Waals surface area (Å²) < 4.78 is 45.3. The Morgan fingerprint density at radius 2 is 1.39 bits per heavy atom. The van der Waals surface area contributed by atoms with Crippen molar-refractivity contribution in [3.63, 3.8) is 0 Å². The van der Waals surface area contributed by atoms with Gasteiger partial charge < -0.3 is 38.2 Å². The van der Waals surface area contributed by atoms with Crippen LogP contribution in [0.1, 0.15) is 83.4 Å². The van der Waals surface area contributed by atoms with Crippen LogP contribution < -0.4 is 20.5 Å². The minimum absolute atomic E-state index is 0.000436. The first kappa shape index (κ1) is 54.5. The van der Waals surface area contributed by atoms with Gasteiger partial charge in [0.2, 0.25) is 11.4 Å². The molecule has 12 rings (SSSR count). The van der Waals surface area contributed by atoms with Gasteiger partial charge in [0.05, 0.1) is 59.1 Å². The van der Waals surface area contributed by atoms with E-state index in [1.165, 1.54) is 6.34 Å². The zero-order valence-electron chi connectivity index (χ0n) is 46.4. The van der Waals surface area contributed by atoms with Gasteiger partial charge in [-0.25, -0.2) is 14.6 Å². The molecule has 1 aromatic heterocycles. The molecule has 9 aromatic rings. The molecule has 17 heteroatoms. The summed E-state index contributed by atoms with van der Waals surface area (Å²) in [4.78, 5) is 42.2. The molecule has 3 aliphatic heterocycles. The van der Waals surface area contributed by atoms with Gasteiger partial charge in [-0.1, -0.05) is 133 Å². The van der Waals surface area contributed by atoms with E-state index in [2.05, 4.69) is 79.1 Å². The number of carbonyl (C=O) groups is 2.